The van der Waals surface area contributed by atoms with E-state index in [2.05, 4.69) is 0 Å². The third-order valence-electron chi connectivity index (χ3n) is 7.81. The van der Waals surface area contributed by atoms with Crippen LogP contribution >= 0.6 is 0 Å². The summed E-state index contributed by atoms with van der Waals surface area (Å²) in [6, 6.07) is 20.6. The van der Waals surface area contributed by atoms with E-state index in [1.807, 2.05) is 0 Å². The summed E-state index contributed by atoms with van der Waals surface area (Å²) < 4.78 is 30.1. The first kappa shape index (κ1) is 32.8. The number of rotatable bonds is 9. The van der Waals surface area contributed by atoms with Crippen LogP contribution in [0.15, 0.2) is 107 Å². The standard InChI is InChI=1S/C37H32O12/c1-20-33(45-16-14-21-2-8-24(38)9-3-21)35(46-17-15-22-4-10-25(39)11-5-22)32(44)37(47-20)49-36-31(43)30-28(42)18-27(41)19-29(30)48-34(36)23-6-12-26(40)13-7-23/h2-20,32-33,35,37-42,44H,1H3/b16-14-,17-15+/t20-,32+,33-,35-,37-/m0/s1. The molecule has 0 bridgehead atoms. The summed E-state index contributed by atoms with van der Waals surface area (Å²) in [5, 5.41) is 61.0. The minimum atomic E-state index is -1.57. The molecule has 5 atom stereocenters. The molecule has 49 heavy (non-hydrogen) atoms. The van der Waals surface area contributed by atoms with Crippen molar-refractivity contribution in [1.82, 2.24) is 0 Å². The van der Waals surface area contributed by atoms with Crippen LogP contribution < -0.4 is 10.2 Å². The van der Waals surface area contributed by atoms with Gasteiger partial charge in [-0.3, -0.25) is 4.79 Å². The Bertz CT molecular complexity index is 2030. The van der Waals surface area contributed by atoms with Crippen molar-refractivity contribution in [1.29, 1.82) is 0 Å². The summed E-state index contributed by atoms with van der Waals surface area (Å²) >= 11 is 0. The number of aromatic hydroxyl groups is 5. The first-order chi connectivity index (χ1) is 23.6. The number of hydrogen-bond donors (Lipinski definition) is 6. The molecule has 4 aromatic carbocycles. The topological polar surface area (TPSA) is 189 Å². The zero-order chi connectivity index (χ0) is 34.7. The van der Waals surface area contributed by atoms with Crippen molar-refractivity contribution < 1.29 is 54.0 Å². The number of fused-ring (bicyclic) bond motifs is 1. The Morgan fingerprint density at radius 1 is 0.694 bits per heavy atom. The van der Waals surface area contributed by atoms with Crippen LogP contribution in [0.25, 0.3) is 34.4 Å². The largest absolute Gasteiger partial charge is 0.508 e. The molecule has 6 rings (SSSR count). The Morgan fingerprint density at radius 3 is 1.80 bits per heavy atom. The Morgan fingerprint density at radius 2 is 1.22 bits per heavy atom. The number of aliphatic hydroxyl groups is 1. The van der Waals surface area contributed by atoms with Crippen molar-refractivity contribution in [3.63, 3.8) is 0 Å². The van der Waals surface area contributed by atoms with E-state index in [0.29, 0.717) is 11.1 Å². The Hall–Kier alpha value is -6.11. The highest BCUT2D eigenvalue weighted by Gasteiger charge is 2.48. The quantitative estimate of drug-likeness (QED) is 0.107. The minimum absolute atomic E-state index is 0.0460. The van der Waals surface area contributed by atoms with Gasteiger partial charge < -0.3 is 54.0 Å². The maximum Gasteiger partial charge on any atom is 0.239 e. The third kappa shape index (κ3) is 7.25. The molecule has 12 nitrogen and oxygen atoms in total. The second-order valence-corrected chi connectivity index (χ2v) is 11.3. The van der Waals surface area contributed by atoms with Gasteiger partial charge in [-0.15, -0.1) is 0 Å². The van der Waals surface area contributed by atoms with Crippen molar-refractivity contribution in [2.24, 2.45) is 0 Å². The molecule has 2 heterocycles. The van der Waals surface area contributed by atoms with Gasteiger partial charge in [0.15, 0.2) is 24.1 Å². The highest BCUT2D eigenvalue weighted by Crippen LogP contribution is 2.38. The van der Waals surface area contributed by atoms with Crippen LogP contribution in [0.4, 0.5) is 0 Å². The van der Waals surface area contributed by atoms with Gasteiger partial charge in [0.25, 0.3) is 0 Å². The van der Waals surface area contributed by atoms with E-state index in [1.54, 1.807) is 43.3 Å². The van der Waals surface area contributed by atoms with E-state index < -0.39 is 47.6 Å². The van der Waals surface area contributed by atoms with Gasteiger partial charge in [-0.25, -0.2) is 0 Å². The number of benzene rings is 4. The highest BCUT2D eigenvalue weighted by molar-refractivity contribution is 5.88. The lowest BCUT2D eigenvalue weighted by molar-refractivity contribution is -0.269. The third-order valence-corrected chi connectivity index (χ3v) is 7.81. The molecule has 1 aliphatic heterocycles. The van der Waals surface area contributed by atoms with Crippen molar-refractivity contribution in [2.45, 2.75) is 37.6 Å². The molecule has 1 saturated heterocycles. The van der Waals surface area contributed by atoms with E-state index in [9.17, 15) is 35.4 Å². The van der Waals surface area contributed by atoms with Crippen LogP contribution in [0.5, 0.6) is 34.5 Å². The van der Waals surface area contributed by atoms with Gasteiger partial charge in [0, 0.05) is 17.7 Å². The average Bonchev–Trinajstić information content (AvgIpc) is 3.07. The van der Waals surface area contributed by atoms with Gasteiger partial charge in [0.2, 0.25) is 17.5 Å². The lowest BCUT2D eigenvalue weighted by atomic mass is 9.99. The van der Waals surface area contributed by atoms with Crippen LogP contribution in [0.3, 0.4) is 0 Å². The van der Waals surface area contributed by atoms with E-state index in [-0.39, 0.29) is 39.7 Å². The molecule has 0 amide bonds. The lowest BCUT2D eigenvalue weighted by Crippen LogP contribution is -2.59. The molecule has 0 spiro atoms. The van der Waals surface area contributed by atoms with E-state index in [4.69, 9.17) is 23.4 Å². The van der Waals surface area contributed by atoms with Crippen molar-refractivity contribution in [3.8, 4) is 45.8 Å². The molecule has 5 aromatic rings. The number of phenols is 5. The Kier molecular flexibility index (Phi) is 9.33. The Balaban J connectivity index is 1.34. The summed E-state index contributed by atoms with van der Waals surface area (Å²) in [6.07, 6.45) is 0.132. The normalized spacial score (nSPS) is 20.9. The predicted molar refractivity (Wildman–Crippen MR) is 178 cm³/mol. The fourth-order valence-electron chi connectivity index (χ4n) is 5.31. The molecule has 0 aliphatic carbocycles. The molecule has 0 radical (unpaired) electrons. The smallest absolute Gasteiger partial charge is 0.239 e. The molecular weight excluding hydrogens is 636 g/mol. The van der Waals surface area contributed by atoms with Crippen LogP contribution in [0.2, 0.25) is 0 Å². The van der Waals surface area contributed by atoms with Crippen LogP contribution in [-0.2, 0) is 14.2 Å². The molecule has 12 heteroatoms. The molecule has 0 unspecified atom stereocenters. The summed E-state index contributed by atoms with van der Waals surface area (Å²) in [5.41, 5.74) is 0.785. The molecule has 252 valence electrons. The summed E-state index contributed by atoms with van der Waals surface area (Å²) in [7, 11) is 0. The van der Waals surface area contributed by atoms with Gasteiger partial charge in [-0.1, -0.05) is 24.3 Å². The summed E-state index contributed by atoms with van der Waals surface area (Å²) in [4.78, 5) is 13.9. The van der Waals surface area contributed by atoms with Crippen molar-refractivity contribution >= 4 is 23.1 Å². The first-order valence-electron chi connectivity index (χ1n) is 15.1. The maximum atomic E-state index is 13.9. The average molecular weight is 669 g/mol. The fourth-order valence-corrected chi connectivity index (χ4v) is 5.31. The fraction of sp³-hybridized carbons (Fsp3) is 0.162. The van der Waals surface area contributed by atoms with Crippen LogP contribution in [0.1, 0.15) is 18.1 Å². The second kappa shape index (κ2) is 13.9. The SMILES string of the molecule is C[C@@H]1O[C@@H](Oc2c(-c3ccc(O)cc3)oc3cc(O)cc(O)c3c2=O)[C@H](O)[C@H](O/C=C/c2ccc(O)cc2)[C@H]1O/C=C\c1ccc(O)cc1. The molecule has 1 fully saturated rings. The molecular formula is C37H32O12. The van der Waals surface area contributed by atoms with Crippen molar-refractivity contribution in [2.75, 3.05) is 0 Å². The van der Waals surface area contributed by atoms with Gasteiger partial charge in [0.05, 0.1) is 18.6 Å². The number of hydrogen-bond acceptors (Lipinski definition) is 12. The van der Waals surface area contributed by atoms with Gasteiger partial charge in [-0.2, -0.15) is 0 Å². The van der Waals surface area contributed by atoms with E-state index >= 15 is 0 Å². The van der Waals surface area contributed by atoms with Crippen molar-refractivity contribution in [3.05, 3.63) is 119 Å². The van der Waals surface area contributed by atoms with Gasteiger partial charge >= 0.3 is 0 Å². The van der Waals surface area contributed by atoms with Gasteiger partial charge in [0.1, 0.15) is 39.7 Å². The summed E-state index contributed by atoms with van der Waals surface area (Å²) in [5.74, 6) is -1.28. The molecule has 1 aliphatic rings. The highest BCUT2D eigenvalue weighted by atomic mass is 16.7. The molecule has 1 aromatic heterocycles. The zero-order valence-corrected chi connectivity index (χ0v) is 25.9. The molecule has 6 N–H and O–H groups in total. The summed E-state index contributed by atoms with van der Waals surface area (Å²) in [6.45, 7) is 1.67. The van der Waals surface area contributed by atoms with Crippen LogP contribution in [0, 0.1) is 0 Å². The number of aliphatic hydroxyl groups excluding tert-OH is 1. The number of ether oxygens (including phenoxy) is 4. The maximum absolute atomic E-state index is 13.9. The Labute approximate surface area is 279 Å². The monoisotopic (exact) mass is 668 g/mol. The first-order valence-corrected chi connectivity index (χ1v) is 15.1. The van der Waals surface area contributed by atoms with Gasteiger partial charge in [-0.05, 0) is 78.7 Å². The molecule has 0 saturated carbocycles. The van der Waals surface area contributed by atoms with E-state index in [0.717, 1.165) is 17.7 Å². The van der Waals surface area contributed by atoms with E-state index in [1.165, 1.54) is 61.1 Å². The number of phenolic OH excluding ortho intramolecular Hbond substituents is 5. The predicted octanol–water partition coefficient (Wildman–Crippen LogP) is 5.58. The lowest BCUT2D eigenvalue weighted by Gasteiger charge is -2.42. The zero-order valence-electron chi connectivity index (χ0n) is 25.9. The minimum Gasteiger partial charge on any atom is -0.508 e. The van der Waals surface area contributed by atoms with Crippen LogP contribution in [-0.4, -0.2) is 61.3 Å². The second-order valence-electron chi connectivity index (χ2n) is 11.3.